The monoisotopic (exact) mass is 379 g/mol. The first kappa shape index (κ1) is 19.7. The lowest BCUT2D eigenvalue weighted by molar-refractivity contribution is -0.137. The van der Waals surface area contributed by atoms with Crippen molar-refractivity contribution in [1.29, 1.82) is 0 Å². The quantitative estimate of drug-likeness (QED) is 0.714. The Morgan fingerprint density at radius 3 is 2.56 bits per heavy atom. The highest BCUT2D eigenvalue weighted by Gasteiger charge is 2.32. The fourth-order valence-electron chi connectivity index (χ4n) is 2.48. The van der Waals surface area contributed by atoms with Gasteiger partial charge in [0.1, 0.15) is 17.5 Å². The molecule has 25 heavy (non-hydrogen) atoms. The molecule has 1 aliphatic rings. The Hall–Kier alpha value is -1.63. The minimum absolute atomic E-state index is 0.0347. The lowest BCUT2D eigenvalue weighted by atomic mass is 10.1. The molecular weight excluding hydrogens is 359 g/mol. The van der Waals surface area contributed by atoms with Crippen molar-refractivity contribution in [2.45, 2.75) is 51.5 Å². The van der Waals surface area contributed by atoms with Crippen LogP contribution in [0, 0.1) is 0 Å². The zero-order valence-electron chi connectivity index (χ0n) is 14.3. The molecule has 0 N–H and O–H groups in total. The van der Waals surface area contributed by atoms with Gasteiger partial charge in [-0.25, -0.2) is 4.79 Å². The number of carbonyl (C=O) groups excluding carboxylic acids is 1. The third-order valence-corrected chi connectivity index (χ3v) is 3.89. The molecule has 8 heteroatoms. The molecule has 0 aliphatic carbocycles. The van der Waals surface area contributed by atoms with E-state index in [2.05, 4.69) is 0 Å². The SMILES string of the molecule is CC(C)(C)OC(=O)N1CCCC(Oc2cc(C(F)(F)F)ccc2Cl)C1. The number of ether oxygens (including phenoxy) is 2. The van der Waals surface area contributed by atoms with Crippen LogP contribution < -0.4 is 4.74 Å². The van der Waals surface area contributed by atoms with Gasteiger partial charge in [0.05, 0.1) is 17.1 Å². The first-order valence-electron chi connectivity index (χ1n) is 7.97. The summed E-state index contributed by atoms with van der Waals surface area (Å²) in [6.45, 7) is 6.06. The number of hydrogen-bond donors (Lipinski definition) is 0. The average molecular weight is 380 g/mol. The van der Waals surface area contributed by atoms with Crippen LogP contribution in [0.4, 0.5) is 18.0 Å². The zero-order valence-corrected chi connectivity index (χ0v) is 15.1. The van der Waals surface area contributed by atoms with Crippen molar-refractivity contribution in [1.82, 2.24) is 4.90 Å². The molecule has 1 heterocycles. The maximum absolute atomic E-state index is 12.8. The third kappa shape index (κ3) is 5.70. The van der Waals surface area contributed by atoms with E-state index in [0.717, 1.165) is 18.2 Å². The number of piperidine rings is 1. The maximum Gasteiger partial charge on any atom is 0.416 e. The van der Waals surface area contributed by atoms with Crippen LogP contribution in [0.2, 0.25) is 5.02 Å². The van der Waals surface area contributed by atoms with Gasteiger partial charge in [0.2, 0.25) is 0 Å². The second-order valence-electron chi connectivity index (χ2n) is 6.95. The lowest BCUT2D eigenvalue weighted by Crippen LogP contribution is -2.46. The van der Waals surface area contributed by atoms with Gasteiger partial charge in [-0.1, -0.05) is 11.6 Å². The molecule has 0 spiro atoms. The van der Waals surface area contributed by atoms with Gasteiger partial charge >= 0.3 is 12.3 Å². The van der Waals surface area contributed by atoms with E-state index in [-0.39, 0.29) is 17.3 Å². The van der Waals surface area contributed by atoms with Gasteiger partial charge in [-0.05, 0) is 51.8 Å². The number of alkyl halides is 3. The number of rotatable bonds is 2. The van der Waals surface area contributed by atoms with Gasteiger partial charge in [0, 0.05) is 6.54 Å². The van der Waals surface area contributed by atoms with E-state index in [9.17, 15) is 18.0 Å². The minimum atomic E-state index is -4.47. The average Bonchev–Trinajstić information content (AvgIpc) is 2.47. The number of benzene rings is 1. The Balaban J connectivity index is 2.07. The van der Waals surface area contributed by atoms with Crippen LogP contribution in [0.3, 0.4) is 0 Å². The Morgan fingerprint density at radius 1 is 1.28 bits per heavy atom. The van der Waals surface area contributed by atoms with Gasteiger partial charge in [-0.2, -0.15) is 13.2 Å². The van der Waals surface area contributed by atoms with Crippen molar-refractivity contribution in [3.63, 3.8) is 0 Å². The molecular formula is C17H21ClF3NO3. The van der Waals surface area contributed by atoms with E-state index in [4.69, 9.17) is 21.1 Å². The summed E-state index contributed by atoms with van der Waals surface area (Å²) in [7, 11) is 0. The van der Waals surface area contributed by atoms with E-state index >= 15 is 0 Å². The van der Waals surface area contributed by atoms with Crippen LogP contribution in [0.5, 0.6) is 5.75 Å². The standard InChI is InChI=1S/C17H21ClF3NO3/c1-16(2,3)25-15(23)22-8-4-5-12(10-22)24-14-9-11(17(19,20)21)6-7-13(14)18/h6-7,9,12H,4-5,8,10H2,1-3H3. The predicted octanol–water partition coefficient (Wildman–Crippen LogP) is 5.14. The van der Waals surface area contributed by atoms with Crippen LogP contribution in [-0.4, -0.2) is 35.8 Å². The molecule has 1 aromatic rings. The molecule has 0 radical (unpaired) electrons. The zero-order chi connectivity index (χ0) is 18.8. The van der Waals surface area contributed by atoms with Crippen molar-refractivity contribution in [3.05, 3.63) is 28.8 Å². The Labute approximate surface area is 149 Å². The van der Waals surface area contributed by atoms with Crippen LogP contribution in [-0.2, 0) is 10.9 Å². The molecule has 140 valence electrons. The number of amides is 1. The number of halogens is 4. The van der Waals surface area contributed by atoms with E-state index in [1.54, 1.807) is 20.8 Å². The molecule has 1 amide bonds. The molecule has 1 aliphatic heterocycles. The number of likely N-dealkylation sites (tertiary alicyclic amines) is 1. The predicted molar refractivity (Wildman–Crippen MR) is 87.9 cm³/mol. The van der Waals surface area contributed by atoms with Crippen LogP contribution in [0.1, 0.15) is 39.2 Å². The molecule has 0 aromatic heterocycles. The number of carbonyl (C=O) groups is 1. The summed E-state index contributed by atoms with van der Waals surface area (Å²) in [6, 6.07) is 2.95. The third-order valence-electron chi connectivity index (χ3n) is 3.58. The maximum atomic E-state index is 12.8. The molecule has 1 aromatic carbocycles. The highest BCUT2D eigenvalue weighted by atomic mass is 35.5. The largest absolute Gasteiger partial charge is 0.487 e. The summed E-state index contributed by atoms with van der Waals surface area (Å²) >= 11 is 5.95. The van der Waals surface area contributed by atoms with Gasteiger partial charge in [-0.3, -0.25) is 0 Å². The van der Waals surface area contributed by atoms with E-state index in [1.165, 1.54) is 4.90 Å². The second kappa shape index (κ2) is 7.32. The van der Waals surface area contributed by atoms with Crippen molar-refractivity contribution < 1.29 is 27.4 Å². The van der Waals surface area contributed by atoms with E-state index in [1.807, 2.05) is 0 Å². The molecule has 1 saturated heterocycles. The summed E-state index contributed by atoms with van der Waals surface area (Å²) in [5.41, 5.74) is -1.44. The van der Waals surface area contributed by atoms with Crippen LogP contribution in [0.15, 0.2) is 18.2 Å². The Bertz CT molecular complexity index is 629. The topological polar surface area (TPSA) is 38.8 Å². The molecule has 1 fully saturated rings. The van der Waals surface area contributed by atoms with Gasteiger partial charge in [-0.15, -0.1) is 0 Å². The van der Waals surface area contributed by atoms with E-state index < -0.39 is 29.5 Å². The summed E-state index contributed by atoms with van der Waals surface area (Å²) in [5.74, 6) is -0.0347. The first-order valence-corrected chi connectivity index (χ1v) is 8.35. The molecule has 1 atom stereocenters. The Kier molecular flexibility index (Phi) is 5.76. The van der Waals surface area contributed by atoms with Gasteiger partial charge in [0.15, 0.2) is 0 Å². The van der Waals surface area contributed by atoms with E-state index in [0.29, 0.717) is 19.4 Å². The van der Waals surface area contributed by atoms with Gasteiger partial charge in [0.25, 0.3) is 0 Å². The molecule has 1 unspecified atom stereocenters. The summed E-state index contributed by atoms with van der Waals surface area (Å²) in [6.07, 6.45) is -4.09. The number of hydrogen-bond acceptors (Lipinski definition) is 3. The summed E-state index contributed by atoms with van der Waals surface area (Å²) in [4.78, 5) is 13.6. The second-order valence-corrected chi connectivity index (χ2v) is 7.36. The highest BCUT2D eigenvalue weighted by molar-refractivity contribution is 6.32. The smallest absolute Gasteiger partial charge is 0.416 e. The van der Waals surface area contributed by atoms with Crippen molar-refractivity contribution in [2.24, 2.45) is 0 Å². The normalized spacial score (nSPS) is 18.8. The van der Waals surface area contributed by atoms with Crippen molar-refractivity contribution in [2.75, 3.05) is 13.1 Å². The highest BCUT2D eigenvalue weighted by Crippen LogP contribution is 2.35. The van der Waals surface area contributed by atoms with Crippen molar-refractivity contribution >= 4 is 17.7 Å². The number of nitrogens with zero attached hydrogens (tertiary/aromatic N) is 1. The molecule has 2 rings (SSSR count). The Morgan fingerprint density at radius 2 is 1.96 bits per heavy atom. The molecule has 0 saturated carbocycles. The van der Waals surface area contributed by atoms with Crippen LogP contribution >= 0.6 is 11.6 Å². The minimum Gasteiger partial charge on any atom is -0.487 e. The molecule has 0 bridgehead atoms. The lowest BCUT2D eigenvalue weighted by Gasteiger charge is -2.34. The van der Waals surface area contributed by atoms with Crippen LogP contribution in [0.25, 0.3) is 0 Å². The summed E-state index contributed by atoms with van der Waals surface area (Å²) < 4.78 is 49.5. The first-order chi connectivity index (χ1) is 11.5. The van der Waals surface area contributed by atoms with Crippen molar-refractivity contribution in [3.8, 4) is 5.75 Å². The fraction of sp³-hybridized carbons (Fsp3) is 0.588. The van der Waals surface area contributed by atoms with Gasteiger partial charge < -0.3 is 14.4 Å². The summed E-state index contributed by atoms with van der Waals surface area (Å²) in [5, 5.41) is 0.0994. The fourth-order valence-corrected chi connectivity index (χ4v) is 2.64. The molecule has 4 nitrogen and oxygen atoms in total.